The number of halogens is 1. The Hall–Kier alpha value is -1.42. The van der Waals surface area contributed by atoms with Crippen molar-refractivity contribution in [3.05, 3.63) is 22.2 Å². The van der Waals surface area contributed by atoms with Gasteiger partial charge in [-0.1, -0.05) is 11.6 Å². The summed E-state index contributed by atoms with van der Waals surface area (Å²) < 4.78 is 5.12. The van der Waals surface area contributed by atoms with E-state index in [4.69, 9.17) is 21.4 Å². The third-order valence-electron chi connectivity index (χ3n) is 3.60. The molecule has 0 spiro atoms. The van der Waals surface area contributed by atoms with Crippen LogP contribution in [-0.4, -0.2) is 23.3 Å². The predicted octanol–water partition coefficient (Wildman–Crippen LogP) is 3.33. The van der Waals surface area contributed by atoms with E-state index < -0.39 is 5.97 Å². The second-order valence-corrected chi connectivity index (χ2v) is 5.39. The van der Waals surface area contributed by atoms with Crippen LogP contribution in [0.2, 0.25) is 5.02 Å². The second-order valence-electron chi connectivity index (χ2n) is 5.01. The van der Waals surface area contributed by atoms with Gasteiger partial charge in [0.05, 0.1) is 18.6 Å². The molecule has 1 unspecified atom stereocenters. The average Bonchev–Trinajstić information content (AvgIpc) is 3.16. The van der Waals surface area contributed by atoms with Gasteiger partial charge in [0.15, 0.2) is 11.5 Å². The van der Waals surface area contributed by atoms with Crippen LogP contribution in [0.4, 0.5) is 0 Å². The number of carboxylic acid groups (broad SMARTS) is 1. The van der Waals surface area contributed by atoms with E-state index >= 15 is 0 Å². The lowest BCUT2D eigenvalue weighted by Gasteiger charge is -2.20. The largest absolute Gasteiger partial charge is 0.504 e. The van der Waals surface area contributed by atoms with Gasteiger partial charge in [0.1, 0.15) is 0 Å². The number of hydrogen-bond donors (Lipinski definition) is 2. The molecule has 2 rings (SSSR count). The second kappa shape index (κ2) is 5.29. The lowest BCUT2D eigenvalue weighted by molar-refractivity contribution is -0.137. The van der Waals surface area contributed by atoms with Gasteiger partial charge in [-0.05, 0) is 37.3 Å². The summed E-state index contributed by atoms with van der Waals surface area (Å²) in [5, 5.41) is 19.7. The number of carbonyl (C=O) groups is 1. The molecule has 19 heavy (non-hydrogen) atoms. The summed E-state index contributed by atoms with van der Waals surface area (Å²) in [5.41, 5.74) is 1.30. The highest BCUT2D eigenvalue weighted by Crippen LogP contribution is 2.51. The summed E-state index contributed by atoms with van der Waals surface area (Å²) in [7, 11) is 1.47. The maximum Gasteiger partial charge on any atom is 0.303 e. The normalized spacial score (nSPS) is 16.2. The van der Waals surface area contributed by atoms with Crippen molar-refractivity contribution in [3.63, 3.8) is 0 Å². The standard InChI is InChI=1S/C14H17ClO4/c1-7-5-10(19-2)14(18)12(13(7)15)9(6-11(16)17)8-3-4-8/h5,8-9,18H,3-4,6H2,1-2H3,(H,16,17). The van der Waals surface area contributed by atoms with Gasteiger partial charge in [0, 0.05) is 11.5 Å². The van der Waals surface area contributed by atoms with Crippen LogP contribution >= 0.6 is 11.6 Å². The van der Waals surface area contributed by atoms with E-state index in [1.54, 1.807) is 6.07 Å². The molecule has 0 radical (unpaired) electrons. The van der Waals surface area contributed by atoms with Gasteiger partial charge >= 0.3 is 5.97 Å². The molecule has 4 nitrogen and oxygen atoms in total. The van der Waals surface area contributed by atoms with Gasteiger partial charge in [-0.2, -0.15) is 0 Å². The number of aromatic hydroxyl groups is 1. The van der Waals surface area contributed by atoms with Crippen LogP contribution < -0.4 is 4.74 Å². The SMILES string of the molecule is COc1cc(C)c(Cl)c(C(CC(=O)O)C2CC2)c1O. The number of hydrogen-bond acceptors (Lipinski definition) is 3. The van der Waals surface area contributed by atoms with Crippen molar-refractivity contribution in [3.8, 4) is 11.5 Å². The number of aliphatic carboxylic acids is 1. The first-order chi connectivity index (χ1) is 8.95. The highest BCUT2D eigenvalue weighted by atomic mass is 35.5. The highest BCUT2D eigenvalue weighted by molar-refractivity contribution is 6.32. The molecule has 0 aliphatic heterocycles. The summed E-state index contributed by atoms with van der Waals surface area (Å²) >= 11 is 6.27. The number of benzene rings is 1. The number of phenols is 1. The molecule has 1 fully saturated rings. The van der Waals surface area contributed by atoms with E-state index in [0.717, 1.165) is 18.4 Å². The van der Waals surface area contributed by atoms with E-state index in [0.29, 0.717) is 16.3 Å². The van der Waals surface area contributed by atoms with Crippen molar-refractivity contribution in [1.29, 1.82) is 0 Å². The van der Waals surface area contributed by atoms with Crippen LogP contribution in [0.25, 0.3) is 0 Å². The zero-order valence-corrected chi connectivity index (χ0v) is 11.7. The minimum atomic E-state index is -0.882. The van der Waals surface area contributed by atoms with Crippen molar-refractivity contribution in [1.82, 2.24) is 0 Å². The maximum atomic E-state index is 11.0. The van der Waals surface area contributed by atoms with Crippen LogP contribution in [0.1, 0.15) is 36.3 Å². The molecule has 0 bridgehead atoms. The van der Waals surface area contributed by atoms with Gasteiger partial charge in [-0.3, -0.25) is 4.79 Å². The Morgan fingerprint density at radius 3 is 2.68 bits per heavy atom. The molecular formula is C14H17ClO4. The Labute approximate surface area is 117 Å². The summed E-state index contributed by atoms with van der Waals surface area (Å²) in [4.78, 5) is 11.0. The zero-order valence-electron chi connectivity index (χ0n) is 10.9. The molecule has 2 N–H and O–H groups in total. The minimum absolute atomic E-state index is 0.0233. The Morgan fingerprint density at radius 1 is 1.58 bits per heavy atom. The number of phenolic OH excluding ortho intramolecular Hbond substituents is 1. The van der Waals surface area contributed by atoms with Crippen LogP contribution in [0.5, 0.6) is 11.5 Å². The number of ether oxygens (including phenoxy) is 1. The molecule has 5 heteroatoms. The molecule has 0 amide bonds. The quantitative estimate of drug-likeness (QED) is 0.870. The fourth-order valence-corrected chi connectivity index (χ4v) is 2.75. The molecule has 1 aromatic carbocycles. The molecule has 1 aliphatic rings. The van der Waals surface area contributed by atoms with Gasteiger partial charge in [-0.15, -0.1) is 0 Å². The molecule has 1 aromatic rings. The molecule has 104 valence electrons. The highest BCUT2D eigenvalue weighted by Gasteiger charge is 2.37. The third-order valence-corrected chi connectivity index (χ3v) is 4.10. The van der Waals surface area contributed by atoms with Gasteiger partial charge in [0.2, 0.25) is 0 Å². The summed E-state index contributed by atoms with van der Waals surface area (Å²) in [6, 6.07) is 1.66. The molecule has 0 aromatic heterocycles. The first-order valence-corrected chi connectivity index (χ1v) is 6.61. The topological polar surface area (TPSA) is 66.8 Å². The predicted molar refractivity (Wildman–Crippen MR) is 72.1 cm³/mol. The van der Waals surface area contributed by atoms with Crippen LogP contribution in [0, 0.1) is 12.8 Å². The van der Waals surface area contributed by atoms with E-state index in [2.05, 4.69) is 0 Å². The number of rotatable bonds is 5. The maximum absolute atomic E-state index is 11.0. The Balaban J connectivity index is 2.51. The van der Waals surface area contributed by atoms with Crippen LogP contribution in [-0.2, 0) is 4.79 Å². The van der Waals surface area contributed by atoms with E-state index in [-0.39, 0.29) is 24.0 Å². The van der Waals surface area contributed by atoms with Crippen molar-refractivity contribution in [2.45, 2.75) is 32.1 Å². The van der Waals surface area contributed by atoms with E-state index in [1.165, 1.54) is 7.11 Å². The molecular weight excluding hydrogens is 268 g/mol. The van der Waals surface area contributed by atoms with Crippen LogP contribution in [0.3, 0.4) is 0 Å². The van der Waals surface area contributed by atoms with Gasteiger partial charge in [-0.25, -0.2) is 0 Å². The monoisotopic (exact) mass is 284 g/mol. The number of aryl methyl sites for hydroxylation is 1. The molecule has 1 saturated carbocycles. The molecule has 0 saturated heterocycles. The van der Waals surface area contributed by atoms with Crippen LogP contribution in [0.15, 0.2) is 6.07 Å². The first kappa shape index (κ1) is 14.0. The number of carboxylic acids is 1. The lowest BCUT2D eigenvalue weighted by Crippen LogP contribution is -2.10. The zero-order chi connectivity index (χ0) is 14.2. The summed E-state index contributed by atoms with van der Waals surface area (Å²) in [6.07, 6.45) is 1.93. The Morgan fingerprint density at radius 2 is 2.21 bits per heavy atom. The Bertz CT molecular complexity index is 509. The average molecular weight is 285 g/mol. The summed E-state index contributed by atoms with van der Waals surface area (Å²) in [5.74, 6) is -0.540. The van der Waals surface area contributed by atoms with Crippen molar-refractivity contribution >= 4 is 17.6 Å². The molecule has 1 atom stereocenters. The van der Waals surface area contributed by atoms with Crippen molar-refractivity contribution < 1.29 is 19.7 Å². The Kier molecular flexibility index (Phi) is 3.90. The minimum Gasteiger partial charge on any atom is -0.504 e. The van der Waals surface area contributed by atoms with Crippen molar-refractivity contribution in [2.24, 2.45) is 5.92 Å². The van der Waals surface area contributed by atoms with E-state index in [1.807, 2.05) is 6.92 Å². The fraction of sp³-hybridized carbons (Fsp3) is 0.500. The van der Waals surface area contributed by atoms with Gasteiger partial charge < -0.3 is 14.9 Å². The molecule has 0 heterocycles. The molecule has 1 aliphatic carbocycles. The van der Waals surface area contributed by atoms with Gasteiger partial charge in [0.25, 0.3) is 0 Å². The van der Waals surface area contributed by atoms with Crippen molar-refractivity contribution in [2.75, 3.05) is 7.11 Å². The van der Waals surface area contributed by atoms with E-state index in [9.17, 15) is 9.90 Å². The fourth-order valence-electron chi connectivity index (χ4n) is 2.46. The number of methoxy groups -OCH3 is 1. The lowest BCUT2D eigenvalue weighted by atomic mass is 9.89. The summed E-state index contributed by atoms with van der Waals surface area (Å²) in [6.45, 7) is 1.82. The smallest absolute Gasteiger partial charge is 0.303 e. The third kappa shape index (κ3) is 2.78. The first-order valence-electron chi connectivity index (χ1n) is 6.23.